The number of oxime groups is 2. The molecule has 0 heterocycles. The lowest BCUT2D eigenvalue weighted by atomic mass is 10.1. The van der Waals surface area contributed by atoms with Crippen molar-refractivity contribution < 1.29 is 14.4 Å². The molecular formula is C21H20Cl2N2O3. The van der Waals surface area contributed by atoms with Crippen molar-refractivity contribution in [2.45, 2.75) is 13.8 Å². The monoisotopic (exact) mass is 418 g/mol. The highest BCUT2D eigenvalue weighted by molar-refractivity contribution is 6.47. The SMILES string of the molecule is CCON=C(C(C)=NOC)c1ccc(OCC#Cc2cc(Cl)ccc2Cl)cc1. The first-order valence-corrected chi connectivity index (χ1v) is 9.26. The first-order valence-electron chi connectivity index (χ1n) is 8.50. The lowest BCUT2D eigenvalue weighted by Crippen LogP contribution is -2.13. The molecule has 0 aliphatic rings. The zero-order valence-corrected chi connectivity index (χ0v) is 17.3. The number of ether oxygens (including phenoxy) is 1. The fourth-order valence-corrected chi connectivity index (χ4v) is 2.53. The Kier molecular flexibility index (Phi) is 8.67. The average Bonchev–Trinajstić information content (AvgIpc) is 2.69. The minimum Gasteiger partial charge on any atom is -0.481 e. The van der Waals surface area contributed by atoms with Gasteiger partial charge in [0.2, 0.25) is 0 Å². The van der Waals surface area contributed by atoms with Crippen LogP contribution in [0.2, 0.25) is 10.0 Å². The van der Waals surface area contributed by atoms with Gasteiger partial charge in [0.15, 0.2) is 0 Å². The molecule has 0 N–H and O–H groups in total. The molecule has 0 aliphatic heterocycles. The summed E-state index contributed by atoms with van der Waals surface area (Å²) in [5.74, 6) is 6.55. The Hall–Kier alpha value is -2.68. The molecule has 0 aromatic heterocycles. The minimum atomic E-state index is 0.215. The zero-order chi connectivity index (χ0) is 20.4. The van der Waals surface area contributed by atoms with E-state index in [9.17, 15) is 0 Å². The third-order valence-corrected chi connectivity index (χ3v) is 4.01. The van der Waals surface area contributed by atoms with Crippen molar-refractivity contribution in [3.63, 3.8) is 0 Å². The Labute approximate surface area is 174 Å². The van der Waals surface area contributed by atoms with Crippen LogP contribution in [0.4, 0.5) is 0 Å². The summed E-state index contributed by atoms with van der Waals surface area (Å²) in [6.07, 6.45) is 0. The molecule has 5 nitrogen and oxygen atoms in total. The molecule has 7 heteroatoms. The highest BCUT2D eigenvalue weighted by Gasteiger charge is 2.10. The third-order valence-electron chi connectivity index (χ3n) is 3.45. The Morgan fingerprint density at radius 2 is 1.82 bits per heavy atom. The first kappa shape index (κ1) is 21.6. The van der Waals surface area contributed by atoms with Crippen LogP contribution in [0.3, 0.4) is 0 Å². The van der Waals surface area contributed by atoms with E-state index in [-0.39, 0.29) is 6.61 Å². The van der Waals surface area contributed by atoms with Crippen LogP contribution in [-0.4, -0.2) is 31.7 Å². The highest BCUT2D eigenvalue weighted by atomic mass is 35.5. The molecule has 146 valence electrons. The van der Waals surface area contributed by atoms with Crippen LogP contribution in [0.1, 0.15) is 25.0 Å². The number of benzene rings is 2. The standard InChI is InChI=1S/C21H20Cl2N2O3/c1-4-28-25-21(15(2)24-26-3)16-7-10-19(11-8-16)27-13-5-6-17-14-18(22)9-12-20(17)23/h7-12,14H,4,13H2,1-3H3. The van der Waals surface area contributed by atoms with Crippen molar-refractivity contribution >= 4 is 34.6 Å². The lowest BCUT2D eigenvalue weighted by molar-refractivity contribution is 0.159. The van der Waals surface area contributed by atoms with Gasteiger partial charge in [-0.05, 0) is 56.3 Å². The molecule has 0 fully saturated rings. The van der Waals surface area contributed by atoms with Crippen LogP contribution < -0.4 is 4.74 Å². The molecule has 0 amide bonds. The second-order valence-corrected chi connectivity index (χ2v) is 6.30. The third kappa shape index (κ3) is 6.49. The van der Waals surface area contributed by atoms with E-state index in [1.165, 1.54) is 7.11 Å². The molecule has 0 unspecified atom stereocenters. The van der Waals surface area contributed by atoms with Crippen LogP contribution in [-0.2, 0) is 9.68 Å². The first-order chi connectivity index (χ1) is 13.5. The van der Waals surface area contributed by atoms with Gasteiger partial charge in [-0.25, -0.2) is 0 Å². The van der Waals surface area contributed by atoms with Crippen molar-refractivity contribution in [1.82, 2.24) is 0 Å². The molecule has 0 bridgehead atoms. The van der Waals surface area contributed by atoms with E-state index < -0.39 is 0 Å². The molecule has 0 saturated heterocycles. The molecule has 2 aromatic rings. The molecule has 2 rings (SSSR count). The van der Waals surface area contributed by atoms with E-state index in [0.717, 1.165) is 5.56 Å². The van der Waals surface area contributed by atoms with Gasteiger partial charge in [-0.3, -0.25) is 0 Å². The van der Waals surface area contributed by atoms with E-state index in [2.05, 4.69) is 22.2 Å². The van der Waals surface area contributed by atoms with Gasteiger partial charge in [-0.1, -0.05) is 45.4 Å². The Morgan fingerprint density at radius 1 is 1.07 bits per heavy atom. The summed E-state index contributed by atoms with van der Waals surface area (Å²) < 4.78 is 5.65. The summed E-state index contributed by atoms with van der Waals surface area (Å²) in [6.45, 7) is 4.33. The smallest absolute Gasteiger partial charge is 0.149 e. The van der Waals surface area contributed by atoms with Gasteiger partial charge in [0.1, 0.15) is 37.5 Å². The average molecular weight is 419 g/mol. The molecule has 0 saturated carbocycles. The molecule has 0 aliphatic carbocycles. The van der Waals surface area contributed by atoms with Gasteiger partial charge in [-0.15, -0.1) is 0 Å². The van der Waals surface area contributed by atoms with Crippen molar-refractivity contribution in [3.05, 3.63) is 63.6 Å². The van der Waals surface area contributed by atoms with Crippen LogP contribution in [0.25, 0.3) is 0 Å². The van der Waals surface area contributed by atoms with Gasteiger partial charge in [0.05, 0.1) is 5.02 Å². The van der Waals surface area contributed by atoms with E-state index >= 15 is 0 Å². The topological polar surface area (TPSA) is 52.4 Å². The van der Waals surface area contributed by atoms with Crippen LogP contribution in [0, 0.1) is 11.8 Å². The second-order valence-electron chi connectivity index (χ2n) is 5.46. The fraction of sp³-hybridized carbons (Fsp3) is 0.238. The summed E-state index contributed by atoms with van der Waals surface area (Å²) in [7, 11) is 1.48. The van der Waals surface area contributed by atoms with Crippen LogP contribution in [0.15, 0.2) is 52.8 Å². The number of halogens is 2. The van der Waals surface area contributed by atoms with E-state index in [1.807, 2.05) is 31.2 Å². The zero-order valence-electron chi connectivity index (χ0n) is 15.8. The van der Waals surface area contributed by atoms with Gasteiger partial charge in [0, 0.05) is 16.1 Å². The molecule has 28 heavy (non-hydrogen) atoms. The van der Waals surface area contributed by atoms with Crippen molar-refractivity contribution in [1.29, 1.82) is 0 Å². The normalized spacial score (nSPS) is 11.5. The summed E-state index contributed by atoms with van der Waals surface area (Å²) in [6, 6.07) is 12.5. The number of hydrogen-bond acceptors (Lipinski definition) is 5. The van der Waals surface area contributed by atoms with Gasteiger partial charge < -0.3 is 14.4 Å². The number of hydrogen-bond donors (Lipinski definition) is 0. The molecular weight excluding hydrogens is 399 g/mol. The lowest BCUT2D eigenvalue weighted by Gasteiger charge is -2.07. The number of rotatable bonds is 7. The molecule has 0 atom stereocenters. The Balaban J connectivity index is 2.05. The quantitative estimate of drug-likeness (QED) is 0.353. The summed E-state index contributed by atoms with van der Waals surface area (Å²) in [5, 5.41) is 9.16. The Morgan fingerprint density at radius 3 is 2.50 bits per heavy atom. The second kappa shape index (κ2) is 11.2. The van der Waals surface area contributed by atoms with Gasteiger partial charge in [0.25, 0.3) is 0 Å². The van der Waals surface area contributed by atoms with Gasteiger partial charge in [-0.2, -0.15) is 0 Å². The largest absolute Gasteiger partial charge is 0.481 e. The van der Waals surface area contributed by atoms with Crippen molar-refractivity contribution in [2.24, 2.45) is 10.3 Å². The predicted molar refractivity (Wildman–Crippen MR) is 114 cm³/mol. The molecule has 0 spiro atoms. The van der Waals surface area contributed by atoms with Crippen LogP contribution in [0.5, 0.6) is 5.75 Å². The predicted octanol–water partition coefficient (Wildman–Crippen LogP) is 5.19. The maximum Gasteiger partial charge on any atom is 0.149 e. The highest BCUT2D eigenvalue weighted by Crippen LogP contribution is 2.19. The minimum absolute atomic E-state index is 0.215. The summed E-state index contributed by atoms with van der Waals surface area (Å²) >= 11 is 12.0. The van der Waals surface area contributed by atoms with Gasteiger partial charge >= 0.3 is 0 Å². The van der Waals surface area contributed by atoms with Crippen LogP contribution >= 0.6 is 23.2 Å². The maximum atomic E-state index is 6.08. The van der Waals surface area contributed by atoms with E-state index in [0.29, 0.717) is 39.4 Å². The van der Waals surface area contributed by atoms with E-state index in [4.69, 9.17) is 37.6 Å². The summed E-state index contributed by atoms with van der Waals surface area (Å²) in [4.78, 5) is 9.99. The van der Waals surface area contributed by atoms with Crippen molar-refractivity contribution in [3.8, 4) is 17.6 Å². The Bertz CT molecular complexity index is 913. The number of nitrogens with zero attached hydrogens (tertiary/aromatic N) is 2. The fourth-order valence-electron chi connectivity index (χ4n) is 2.19. The van der Waals surface area contributed by atoms with E-state index in [1.54, 1.807) is 25.1 Å². The molecule has 2 aromatic carbocycles. The summed E-state index contributed by atoms with van der Waals surface area (Å²) in [5.41, 5.74) is 2.69. The van der Waals surface area contributed by atoms with Crippen molar-refractivity contribution in [2.75, 3.05) is 20.3 Å². The molecule has 0 radical (unpaired) electrons. The maximum absolute atomic E-state index is 6.08.